The van der Waals surface area contributed by atoms with Gasteiger partial charge in [0.15, 0.2) is 5.96 Å². The molecule has 0 atom stereocenters. The number of aliphatic imine (C=N–C) groups is 1. The highest BCUT2D eigenvalue weighted by Gasteiger charge is 2.30. The number of benzene rings is 1. The second-order valence-electron chi connectivity index (χ2n) is 7.08. The van der Waals surface area contributed by atoms with Crippen LogP contribution < -0.4 is 10.6 Å². The third kappa shape index (κ3) is 7.07. The number of hydrogen-bond acceptors (Lipinski definition) is 4. The van der Waals surface area contributed by atoms with Gasteiger partial charge < -0.3 is 15.2 Å². The van der Waals surface area contributed by atoms with E-state index in [9.17, 15) is 13.2 Å². The molecular formula is C22H26F3N7. The highest BCUT2D eigenvalue weighted by atomic mass is 19.4. The molecule has 7 nitrogen and oxygen atoms in total. The molecule has 0 saturated heterocycles. The van der Waals surface area contributed by atoms with Crippen molar-refractivity contribution in [3.05, 3.63) is 77.6 Å². The fraction of sp³-hybridized carbons (Fsp3) is 0.364. The Balaban J connectivity index is 1.63. The number of rotatable bonds is 9. The molecule has 0 saturated carbocycles. The number of aryl methyl sites for hydroxylation is 1. The van der Waals surface area contributed by atoms with Crippen LogP contribution in [0, 0.1) is 0 Å². The Bertz CT molecular complexity index is 1000. The van der Waals surface area contributed by atoms with E-state index in [4.69, 9.17) is 0 Å². The summed E-state index contributed by atoms with van der Waals surface area (Å²) in [7, 11) is 0. The zero-order valence-electron chi connectivity index (χ0n) is 17.8. The molecule has 0 amide bonds. The Hall–Kier alpha value is -3.43. The minimum Gasteiger partial charge on any atom is -0.356 e. The summed E-state index contributed by atoms with van der Waals surface area (Å²) in [6.45, 7) is 3.91. The van der Waals surface area contributed by atoms with Crippen molar-refractivity contribution in [1.82, 2.24) is 30.4 Å². The summed E-state index contributed by atoms with van der Waals surface area (Å²) in [5, 5.41) is 14.4. The maximum absolute atomic E-state index is 13.0. The smallest absolute Gasteiger partial charge is 0.356 e. The molecule has 3 rings (SSSR count). The molecular weight excluding hydrogens is 419 g/mol. The number of pyridine rings is 1. The van der Waals surface area contributed by atoms with Crippen molar-refractivity contribution in [1.29, 1.82) is 0 Å². The number of nitrogens with zero attached hydrogens (tertiary/aromatic N) is 5. The van der Waals surface area contributed by atoms with Gasteiger partial charge in [0, 0.05) is 44.4 Å². The van der Waals surface area contributed by atoms with E-state index in [1.165, 1.54) is 6.07 Å². The molecule has 1 aromatic carbocycles. The largest absolute Gasteiger partial charge is 0.416 e. The van der Waals surface area contributed by atoms with E-state index in [0.29, 0.717) is 37.6 Å². The number of hydrogen-bond donors (Lipinski definition) is 2. The fourth-order valence-corrected chi connectivity index (χ4v) is 3.08. The predicted molar refractivity (Wildman–Crippen MR) is 116 cm³/mol. The first kappa shape index (κ1) is 23.2. The van der Waals surface area contributed by atoms with Gasteiger partial charge in [0.1, 0.15) is 12.2 Å². The van der Waals surface area contributed by atoms with Gasteiger partial charge in [0.2, 0.25) is 0 Å². The molecule has 0 aliphatic rings. The van der Waals surface area contributed by atoms with Crippen LogP contribution in [-0.4, -0.2) is 38.8 Å². The first-order valence-electron chi connectivity index (χ1n) is 10.4. The van der Waals surface area contributed by atoms with Crippen LogP contribution >= 0.6 is 0 Å². The Morgan fingerprint density at radius 2 is 1.94 bits per heavy atom. The van der Waals surface area contributed by atoms with E-state index < -0.39 is 11.7 Å². The summed E-state index contributed by atoms with van der Waals surface area (Å²) in [5.41, 5.74) is 0.745. The third-order valence-electron chi connectivity index (χ3n) is 4.73. The maximum Gasteiger partial charge on any atom is 0.416 e. The Morgan fingerprint density at radius 1 is 1.09 bits per heavy atom. The molecule has 2 heterocycles. The van der Waals surface area contributed by atoms with Crippen LogP contribution in [0.3, 0.4) is 0 Å². The zero-order valence-corrected chi connectivity index (χ0v) is 17.8. The first-order valence-corrected chi connectivity index (χ1v) is 10.4. The van der Waals surface area contributed by atoms with Gasteiger partial charge in [0.25, 0.3) is 0 Å². The van der Waals surface area contributed by atoms with Crippen molar-refractivity contribution in [2.75, 3.05) is 13.1 Å². The number of aromatic nitrogens is 4. The third-order valence-corrected chi connectivity index (χ3v) is 4.73. The van der Waals surface area contributed by atoms with Crippen LogP contribution in [0.2, 0.25) is 0 Å². The minimum atomic E-state index is -4.38. The second-order valence-corrected chi connectivity index (χ2v) is 7.08. The van der Waals surface area contributed by atoms with Crippen LogP contribution in [0.5, 0.6) is 0 Å². The quantitative estimate of drug-likeness (QED) is 0.391. The molecule has 0 aliphatic carbocycles. The average molecular weight is 445 g/mol. The molecule has 0 bridgehead atoms. The van der Waals surface area contributed by atoms with Crippen LogP contribution in [0.1, 0.15) is 29.6 Å². The van der Waals surface area contributed by atoms with Crippen molar-refractivity contribution in [2.45, 2.75) is 39.0 Å². The number of guanidine groups is 1. The van der Waals surface area contributed by atoms with Gasteiger partial charge in [0.05, 0.1) is 12.1 Å². The summed E-state index contributed by atoms with van der Waals surface area (Å²) >= 11 is 0. The normalized spacial score (nSPS) is 12.1. The van der Waals surface area contributed by atoms with Gasteiger partial charge in [-0.2, -0.15) is 13.2 Å². The molecule has 0 radical (unpaired) electrons. The lowest BCUT2D eigenvalue weighted by Crippen LogP contribution is -2.40. The van der Waals surface area contributed by atoms with E-state index in [1.807, 2.05) is 29.7 Å². The van der Waals surface area contributed by atoms with Crippen molar-refractivity contribution < 1.29 is 13.2 Å². The summed E-state index contributed by atoms with van der Waals surface area (Å²) in [6.07, 6.45) is 0.502. The Kier molecular flexibility index (Phi) is 8.18. The molecule has 32 heavy (non-hydrogen) atoms. The van der Waals surface area contributed by atoms with E-state index >= 15 is 0 Å². The lowest BCUT2D eigenvalue weighted by atomic mass is 10.1. The topological polar surface area (TPSA) is 80.0 Å². The zero-order chi connectivity index (χ0) is 22.8. The van der Waals surface area contributed by atoms with Crippen LogP contribution in [0.15, 0.2) is 60.0 Å². The highest BCUT2D eigenvalue weighted by Crippen LogP contribution is 2.29. The summed E-state index contributed by atoms with van der Waals surface area (Å²) in [4.78, 5) is 8.77. The monoisotopic (exact) mass is 445 g/mol. The van der Waals surface area contributed by atoms with Crippen molar-refractivity contribution in [3.8, 4) is 0 Å². The van der Waals surface area contributed by atoms with E-state index in [2.05, 4.69) is 30.8 Å². The average Bonchev–Trinajstić information content (AvgIpc) is 3.25. The van der Waals surface area contributed by atoms with Crippen LogP contribution in [-0.2, 0) is 32.1 Å². The standard InChI is InChI=1S/C22H26F3N7/c1-2-20-31-30-16-32(20)13-12-28-21(27-11-9-19-8-3-4-10-26-19)29-15-17-6-5-7-18(14-17)22(23,24)25/h3-8,10,14,16H,2,9,11-13,15H2,1H3,(H2,27,28,29). The predicted octanol–water partition coefficient (Wildman–Crippen LogP) is 3.23. The summed E-state index contributed by atoms with van der Waals surface area (Å²) < 4.78 is 40.9. The van der Waals surface area contributed by atoms with Gasteiger partial charge in [-0.05, 0) is 29.8 Å². The second kappa shape index (κ2) is 11.3. The van der Waals surface area contributed by atoms with Gasteiger partial charge in [-0.3, -0.25) is 4.98 Å². The molecule has 0 aliphatic heterocycles. The number of nitrogens with one attached hydrogen (secondary N) is 2. The Morgan fingerprint density at radius 3 is 2.69 bits per heavy atom. The van der Waals surface area contributed by atoms with Crippen molar-refractivity contribution >= 4 is 5.96 Å². The van der Waals surface area contributed by atoms with E-state index in [0.717, 1.165) is 30.1 Å². The molecule has 0 spiro atoms. The lowest BCUT2D eigenvalue weighted by molar-refractivity contribution is -0.137. The fourth-order valence-electron chi connectivity index (χ4n) is 3.08. The van der Waals surface area contributed by atoms with Crippen molar-refractivity contribution in [3.63, 3.8) is 0 Å². The number of halogens is 3. The Labute approximate surface area is 184 Å². The van der Waals surface area contributed by atoms with Crippen LogP contribution in [0.25, 0.3) is 0 Å². The molecule has 0 unspecified atom stereocenters. The van der Waals surface area contributed by atoms with E-state index in [1.54, 1.807) is 18.6 Å². The molecule has 0 fully saturated rings. The highest BCUT2D eigenvalue weighted by molar-refractivity contribution is 5.79. The van der Waals surface area contributed by atoms with E-state index in [-0.39, 0.29) is 6.54 Å². The minimum absolute atomic E-state index is 0.121. The van der Waals surface area contributed by atoms with Gasteiger partial charge >= 0.3 is 6.18 Å². The van der Waals surface area contributed by atoms with Crippen molar-refractivity contribution in [2.24, 2.45) is 4.99 Å². The van der Waals surface area contributed by atoms with Crippen LogP contribution in [0.4, 0.5) is 13.2 Å². The molecule has 170 valence electrons. The molecule has 10 heteroatoms. The molecule has 2 aromatic heterocycles. The van der Waals surface area contributed by atoms with Gasteiger partial charge in [-0.25, -0.2) is 4.99 Å². The van der Waals surface area contributed by atoms with Gasteiger partial charge in [-0.15, -0.1) is 10.2 Å². The lowest BCUT2D eigenvalue weighted by Gasteiger charge is -2.14. The summed E-state index contributed by atoms with van der Waals surface area (Å²) in [5.74, 6) is 1.40. The molecule has 2 N–H and O–H groups in total. The SMILES string of the molecule is CCc1nncn1CCNC(=NCc1cccc(C(F)(F)F)c1)NCCc1ccccn1. The summed E-state index contributed by atoms with van der Waals surface area (Å²) in [6, 6.07) is 10.9. The number of alkyl halides is 3. The maximum atomic E-state index is 13.0. The first-order chi connectivity index (χ1) is 15.5. The molecule has 3 aromatic rings. The van der Waals surface area contributed by atoms with Gasteiger partial charge in [-0.1, -0.05) is 25.1 Å².